The Morgan fingerprint density at radius 2 is 0.793 bits per heavy atom. The molecule has 111 heavy (non-hydrogen) atoms. The van der Waals surface area contributed by atoms with Crippen molar-refractivity contribution in [2.24, 2.45) is 47.3 Å². The lowest BCUT2D eigenvalue weighted by molar-refractivity contribution is -0.120. The van der Waals surface area contributed by atoms with Crippen molar-refractivity contribution in [3.05, 3.63) is 140 Å². The Balaban J connectivity index is 0.000000653. The smallest absolute Gasteiger partial charge is 0.155 e. The van der Waals surface area contributed by atoms with Crippen molar-refractivity contribution < 1.29 is 34.8 Å². The van der Waals surface area contributed by atoms with Gasteiger partial charge in [-0.1, -0.05) is 272 Å². The molecule has 0 aromatic heterocycles. The predicted molar refractivity (Wildman–Crippen MR) is 485 cm³/mol. The van der Waals surface area contributed by atoms with Crippen LogP contribution in [-0.2, 0) is 14.4 Å². The second-order valence-electron chi connectivity index (χ2n) is 36.8. The zero-order valence-electron chi connectivity index (χ0n) is 76.0. The third-order valence-electron chi connectivity index (χ3n) is 23.4. The van der Waals surface area contributed by atoms with Crippen LogP contribution in [0.1, 0.15) is 427 Å². The number of allylic oxidation sites excluding steroid dienone is 21. The number of hydrogen-bond acceptors (Lipinski definition) is 7. The van der Waals surface area contributed by atoms with Crippen LogP contribution in [-0.4, -0.2) is 62.2 Å². The number of aliphatic hydroxyl groups is 4. The van der Waals surface area contributed by atoms with Gasteiger partial charge < -0.3 is 20.4 Å². The molecule has 0 bridgehead atoms. The van der Waals surface area contributed by atoms with Crippen LogP contribution in [0.5, 0.6) is 0 Å². The van der Waals surface area contributed by atoms with Gasteiger partial charge in [0.15, 0.2) is 11.6 Å². The van der Waals surface area contributed by atoms with E-state index in [1.54, 1.807) is 6.08 Å². The van der Waals surface area contributed by atoms with E-state index in [1.807, 2.05) is 24.3 Å². The number of aliphatic hydroxyl groups excluding tert-OH is 4. The second-order valence-corrected chi connectivity index (χ2v) is 36.8. The average molecular weight is 1540 g/mol. The molecule has 0 aliphatic heterocycles. The normalized spacial score (nSPS) is 24.3. The van der Waals surface area contributed by atoms with Crippen LogP contribution in [0.4, 0.5) is 0 Å². The van der Waals surface area contributed by atoms with Crippen LogP contribution in [0.25, 0.3) is 0 Å². The van der Waals surface area contributed by atoms with E-state index < -0.39 is 0 Å². The molecule has 7 aliphatic rings. The first-order valence-corrected chi connectivity index (χ1v) is 46.1. The number of carbonyl (C=O) groups excluding carboxylic acids is 3. The molecule has 0 aromatic rings. The minimum absolute atomic E-state index is 0.0498. The molecule has 7 heteroatoms. The number of hydrogen-bond donors (Lipinski definition) is 4. The first-order valence-electron chi connectivity index (χ1n) is 46.1. The predicted octanol–water partition coefficient (Wildman–Crippen LogP) is 30.1. The molecule has 7 rings (SSSR count). The molecule has 2 saturated carbocycles. The molecular weight excluding hydrogens is 1360 g/mol. The summed E-state index contributed by atoms with van der Waals surface area (Å²) in [5.74, 6) is 6.17. The minimum atomic E-state index is -0.178. The highest BCUT2D eigenvalue weighted by Crippen LogP contribution is 2.34. The molecular formula is C104H178O7. The molecule has 2 fully saturated rings. The summed E-state index contributed by atoms with van der Waals surface area (Å²) in [6.07, 6.45) is 81.6. The van der Waals surface area contributed by atoms with Gasteiger partial charge in [-0.2, -0.15) is 0 Å². The van der Waals surface area contributed by atoms with Crippen molar-refractivity contribution in [1.29, 1.82) is 0 Å². The number of ketones is 3. The largest absolute Gasteiger partial charge is 0.393 e. The Morgan fingerprint density at radius 1 is 0.405 bits per heavy atom. The third-order valence-corrected chi connectivity index (χ3v) is 23.4. The van der Waals surface area contributed by atoms with Crippen LogP contribution in [0.15, 0.2) is 140 Å². The Morgan fingerprint density at radius 3 is 1.19 bits per heavy atom. The fourth-order valence-electron chi connectivity index (χ4n) is 17.3. The van der Waals surface area contributed by atoms with Gasteiger partial charge in [0.1, 0.15) is 5.78 Å². The van der Waals surface area contributed by atoms with Crippen LogP contribution in [0.2, 0.25) is 0 Å². The van der Waals surface area contributed by atoms with E-state index >= 15 is 0 Å². The summed E-state index contributed by atoms with van der Waals surface area (Å²) in [4.78, 5) is 34.2. The number of carbonyl (C=O) groups is 3. The Hall–Kier alpha value is -4.27. The molecule has 7 aliphatic carbocycles. The van der Waals surface area contributed by atoms with Gasteiger partial charge in [0.25, 0.3) is 0 Å². The van der Waals surface area contributed by atoms with Gasteiger partial charge in [0.05, 0.1) is 24.4 Å². The molecule has 11 unspecified atom stereocenters. The van der Waals surface area contributed by atoms with Gasteiger partial charge in [-0.15, -0.1) is 0 Å². The van der Waals surface area contributed by atoms with Crippen molar-refractivity contribution in [3.8, 4) is 0 Å². The van der Waals surface area contributed by atoms with Crippen molar-refractivity contribution in [3.63, 3.8) is 0 Å². The van der Waals surface area contributed by atoms with Gasteiger partial charge >= 0.3 is 0 Å². The highest BCUT2D eigenvalue weighted by molar-refractivity contribution is 5.91. The van der Waals surface area contributed by atoms with Crippen LogP contribution in [0.3, 0.4) is 0 Å². The summed E-state index contributed by atoms with van der Waals surface area (Å²) in [6, 6.07) is 0. The van der Waals surface area contributed by atoms with E-state index in [1.165, 1.54) is 222 Å². The molecule has 4 N–H and O–H groups in total. The second kappa shape index (κ2) is 65.8. The molecule has 0 amide bonds. The lowest BCUT2D eigenvalue weighted by atomic mass is 9.83. The monoisotopic (exact) mass is 1540 g/mol. The average Bonchev–Trinajstić information content (AvgIpc) is 1.66. The molecule has 0 heterocycles. The summed E-state index contributed by atoms with van der Waals surface area (Å²) in [5, 5.41) is 38.5. The first kappa shape index (κ1) is 105. The van der Waals surface area contributed by atoms with Crippen molar-refractivity contribution in [2.45, 2.75) is 451 Å². The van der Waals surface area contributed by atoms with E-state index in [0.717, 1.165) is 153 Å². The van der Waals surface area contributed by atoms with E-state index in [2.05, 4.69) is 180 Å². The van der Waals surface area contributed by atoms with Gasteiger partial charge in [0, 0.05) is 25.2 Å². The first-order chi connectivity index (χ1) is 52.9. The van der Waals surface area contributed by atoms with E-state index in [9.17, 15) is 34.8 Å². The summed E-state index contributed by atoms with van der Waals surface area (Å²) < 4.78 is 0. The van der Waals surface area contributed by atoms with Gasteiger partial charge in [-0.3, -0.25) is 14.4 Å². The maximum absolute atomic E-state index is 11.6. The molecule has 0 radical (unpaired) electrons. The maximum atomic E-state index is 11.6. The molecule has 0 saturated heterocycles. The third kappa shape index (κ3) is 59.1. The fourth-order valence-corrected chi connectivity index (χ4v) is 17.3. The zero-order chi connectivity index (χ0) is 82.7. The number of rotatable bonds is 38. The highest BCUT2D eigenvalue weighted by atomic mass is 16.3. The highest BCUT2D eigenvalue weighted by Gasteiger charge is 2.26. The van der Waals surface area contributed by atoms with Gasteiger partial charge in [-0.25, -0.2) is 0 Å². The van der Waals surface area contributed by atoms with Crippen LogP contribution >= 0.6 is 0 Å². The SMILES string of the molecule is CC(C)=CCC/C(C)=C/CC/C(C)=C/CC1CCCC1=O.CC(C)=CCC/C(C)=C/CC/C(C)=C/CC1CCCC1O.CC/C=C\CCC1CC(=O)C=C(C)C1.CC1=CC(O)CC(CC(C)C)C1.CCCCCC1CC(C)=CC(O)C1.CCCCCCCC1CC(=O)C=C(C)C1.CCCCCCCC1CC(C)=CC(O)C1. The summed E-state index contributed by atoms with van der Waals surface area (Å²) in [5.41, 5.74) is 15.4. The lowest BCUT2D eigenvalue weighted by Gasteiger charge is -2.25. The van der Waals surface area contributed by atoms with Crippen molar-refractivity contribution in [1.82, 2.24) is 0 Å². The topological polar surface area (TPSA) is 132 Å². The van der Waals surface area contributed by atoms with Crippen LogP contribution < -0.4 is 0 Å². The van der Waals surface area contributed by atoms with Crippen molar-refractivity contribution >= 4 is 17.3 Å². The molecule has 636 valence electrons. The minimum Gasteiger partial charge on any atom is -0.393 e. The number of unbranched alkanes of at least 4 members (excludes halogenated alkanes) is 10. The maximum Gasteiger partial charge on any atom is 0.155 e. The van der Waals surface area contributed by atoms with Gasteiger partial charge in [0.2, 0.25) is 0 Å². The van der Waals surface area contributed by atoms with Crippen LogP contribution in [0, 0.1) is 47.3 Å². The Kier molecular flexibility index (Phi) is 62.1. The van der Waals surface area contributed by atoms with Gasteiger partial charge in [-0.05, 0) is 317 Å². The Labute approximate surface area is 687 Å². The van der Waals surface area contributed by atoms with E-state index in [-0.39, 0.29) is 24.4 Å². The van der Waals surface area contributed by atoms with E-state index in [0.29, 0.717) is 46.9 Å². The number of Topliss-reactive ketones (excluding diaryl/α,β-unsaturated/α-hetero) is 1. The molecule has 0 aromatic carbocycles. The van der Waals surface area contributed by atoms with E-state index in [4.69, 9.17) is 0 Å². The fraction of sp³-hybridized carbons (Fsp3) is 0.740. The summed E-state index contributed by atoms with van der Waals surface area (Å²) in [6.45, 7) is 41.5. The molecule has 11 atom stereocenters. The Bertz CT molecular complexity index is 2880. The van der Waals surface area contributed by atoms with Crippen molar-refractivity contribution in [2.75, 3.05) is 0 Å². The lowest BCUT2D eigenvalue weighted by Crippen LogP contribution is -2.18. The molecule has 7 nitrogen and oxygen atoms in total. The molecule has 0 spiro atoms. The summed E-state index contributed by atoms with van der Waals surface area (Å²) >= 11 is 0. The standard InChI is InChI=1S/C20H34O.C20H32O.C14H26O.C14H24O.C13H20O.C12H22O.C11H20O/c2*1-16(2)8-5-9-17(3)10-6-11-18(4)14-15-19-12-7-13-20(19)21;2*1-3-4-5-6-7-8-13-9-12(2)10-14(15)11-13;1-3-4-5-6-7-12-8-11(2)9-13(14)10-12;1-3-4-5-6-11-7-10(2)8-12(13)9-11;1-8(2)4-10-5-9(3)6-11(12)7-10/h8,10,14,19-21H,5-7,9,11-13,15H2,1-4H3;8,10,14,19H,5-7,9,11-13,15H2,1-4H3;10,13-15H,3-9,11H2,1-2H3;10,13H,3-9,11H2,1-2H3;4-5,9,12H,3,6-8,10H2,1-2H3;8,11-13H,3-7,9H2,1-2H3;6,8,10-12H,4-5,7H2,1-3H3/b2*17-10+,18-14+;;;5-4-;;. The summed E-state index contributed by atoms with van der Waals surface area (Å²) in [7, 11) is 0. The quantitative estimate of drug-likeness (QED) is 0.0358. The zero-order valence-corrected chi connectivity index (χ0v) is 76.0.